The van der Waals surface area contributed by atoms with Gasteiger partial charge in [-0.15, -0.1) is 0 Å². The largest absolute Gasteiger partial charge is 0.325 e. The number of hydrogen-bond acceptors (Lipinski definition) is 2. The summed E-state index contributed by atoms with van der Waals surface area (Å²) in [5, 5.41) is 0. The Kier molecular flexibility index (Phi) is 4.90. The molecule has 0 aromatic rings. The van der Waals surface area contributed by atoms with Crippen molar-refractivity contribution in [1.29, 1.82) is 0 Å². The van der Waals surface area contributed by atoms with Crippen molar-refractivity contribution < 1.29 is 0 Å². The molecular formula is C12H26N2. The normalized spacial score (nSPS) is 19.7. The molecule has 84 valence electrons. The maximum Gasteiger partial charge on any atom is 0.0166 e. The van der Waals surface area contributed by atoms with Crippen LogP contribution in [0.2, 0.25) is 0 Å². The van der Waals surface area contributed by atoms with Crippen LogP contribution in [0.4, 0.5) is 0 Å². The second kappa shape index (κ2) is 5.72. The smallest absolute Gasteiger partial charge is 0.0166 e. The van der Waals surface area contributed by atoms with Gasteiger partial charge in [-0.05, 0) is 58.2 Å². The fraction of sp³-hybridized carbons (Fsp3) is 1.00. The summed E-state index contributed by atoms with van der Waals surface area (Å²) < 4.78 is 0. The summed E-state index contributed by atoms with van der Waals surface area (Å²) in [6.07, 6.45) is 7.57. The predicted octanol–water partition coefficient (Wildman–Crippen LogP) is 2.38. The van der Waals surface area contributed by atoms with Crippen LogP contribution in [-0.4, -0.2) is 30.1 Å². The van der Waals surface area contributed by atoms with Crippen LogP contribution in [0.1, 0.15) is 52.4 Å². The Morgan fingerprint density at radius 2 is 1.64 bits per heavy atom. The van der Waals surface area contributed by atoms with E-state index in [2.05, 4.69) is 18.7 Å². The van der Waals surface area contributed by atoms with E-state index in [1.165, 1.54) is 58.2 Å². The van der Waals surface area contributed by atoms with E-state index < -0.39 is 0 Å². The fourth-order valence-corrected chi connectivity index (χ4v) is 2.23. The van der Waals surface area contributed by atoms with E-state index >= 15 is 0 Å². The third-order valence-corrected chi connectivity index (χ3v) is 3.35. The number of rotatable bonds is 7. The van der Waals surface area contributed by atoms with Crippen molar-refractivity contribution in [3.05, 3.63) is 0 Å². The molecule has 0 saturated heterocycles. The summed E-state index contributed by atoms with van der Waals surface area (Å²) in [5.74, 6) is 0. The summed E-state index contributed by atoms with van der Waals surface area (Å²) in [7, 11) is 0. The molecule has 1 aliphatic carbocycles. The van der Waals surface area contributed by atoms with Crippen LogP contribution in [0.25, 0.3) is 0 Å². The quantitative estimate of drug-likeness (QED) is 0.680. The second-order valence-electron chi connectivity index (χ2n) is 4.81. The molecule has 2 nitrogen and oxygen atoms in total. The van der Waals surface area contributed by atoms with Crippen LogP contribution in [0.15, 0.2) is 0 Å². The van der Waals surface area contributed by atoms with Crippen molar-refractivity contribution in [1.82, 2.24) is 4.90 Å². The van der Waals surface area contributed by atoms with Crippen molar-refractivity contribution in [3.63, 3.8) is 0 Å². The zero-order chi connectivity index (χ0) is 10.4. The lowest BCUT2D eigenvalue weighted by atomic mass is 9.75. The van der Waals surface area contributed by atoms with Gasteiger partial charge in [-0.25, -0.2) is 0 Å². The monoisotopic (exact) mass is 198 g/mol. The van der Waals surface area contributed by atoms with E-state index in [-0.39, 0.29) is 5.54 Å². The maximum atomic E-state index is 6.22. The van der Waals surface area contributed by atoms with Gasteiger partial charge in [-0.2, -0.15) is 0 Å². The Morgan fingerprint density at radius 1 is 1.07 bits per heavy atom. The lowest BCUT2D eigenvalue weighted by Crippen LogP contribution is -2.48. The number of nitrogens with two attached hydrogens (primary N) is 1. The van der Waals surface area contributed by atoms with Crippen molar-refractivity contribution in [3.8, 4) is 0 Å². The van der Waals surface area contributed by atoms with Crippen molar-refractivity contribution in [2.45, 2.75) is 57.9 Å². The third-order valence-electron chi connectivity index (χ3n) is 3.35. The van der Waals surface area contributed by atoms with E-state index in [0.717, 1.165) is 0 Å². The first-order chi connectivity index (χ1) is 6.70. The molecule has 0 radical (unpaired) electrons. The van der Waals surface area contributed by atoms with Gasteiger partial charge in [0, 0.05) is 5.54 Å². The molecule has 2 heteroatoms. The maximum absolute atomic E-state index is 6.22. The summed E-state index contributed by atoms with van der Waals surface area (Å²) in [6, 6.07) is 0. The van der Waals surface area contributed by atoms with Crippen LogP contribution in [0.5, 0.6) is 0 Å². The third kappa shape index (κ3) is 3.58. The Hall–Kier alpha value is -0.0800. The highest BCUT2D eigenvalue weighted by molar-refractivity contribution is 4.92. The van der Waals surface area contributed by atoms with Crippen LogP contribution >= 0.6 is 0 Å². The van der Waals surface area contributed by atoms with E-state index in [0.29, 0.717) is 0 Å². The molecule has 0 bridgehead atoms. The van der Waals surface area contributed by atoms with E-state index in [1.54, 1.807) is 0 Å². The molecular weight excluding hydrogens is 172 g/mol. The van der Waals surface area contributed by atoms with Gasteiger partial charge in [0.2, 0.25) is 0 Å². The highest BCUT2D eigenvalue weighted by Crippen LogP contribution is 2.32. The molecule has 1 fully saturated rings. The first-order valence-corrected chi connectivity index (χ1v) is 6.21. The van der Waals surface area contributed by atoms with Crippen LogP contribution in [0.3, 0.4) is 0 Å². The Morgan fingerprint density at radius 3 is 2.00 bits per heavy atom. The highest BCUT2D eigenvalue weighted by Gasteiger charge is 2.32. The molecule has 0 unspecified atom stereocenters. The average Bonchev–Trinajstić information content (AvgIpc) is 2.12. The van der Waals surface area contributed by atoms with Crippen LogP contribution < -0.4 is 5.73 Å². The van der Waals surface area contributed by atoms with Crippen molar-refractivity contribution in [2.75, 3.05) is 19.6 Å². The molecule has 2 N–H and O–H groups in total. The van der Waals surface area contributed by atoms with Crippen LogP contribution in [0, 0.1) is 0 Å². The lowest BCUT2D eigenvalue weighted by molar-refractivity contribution is 0.181. The Labute approximate surface area is 88.8 Å². The van der Waals surface area contributed by atoms with Gasteiger partial charge in [0.25, 0.3) is 0 Å². The highest BCUT2D eigenvalue weighted by atomic mass is 15.1. The molecule has 0 spiro atoms. The van der Waals surface area contributed by atoms with Gasteiger partial charge >= 0.3 is 0 Å². The molecule has 0 aliphatic heterocycles. The fourth-order valence-electron chi connectivity index (χ4n) is 2.23. The molecule has 0 aromatic carbocycles. The minimum Gasteiger partial charge on any atom is -0.325 e. The first kappa shape index (κ1) is 12.0. The number of nitrogens with zero attached hydrogens (tertiary/aromatic N) is 1. The summed E-state index contributed by atoms with van der Waals surface area (Å²) in [4.78, 5) is 2.56. The van der Waals surface area contributed by atoms with Gasteiger partial charge in [0.15, 0.2) is 0 Å². The zero-order valence-electron chi connectivity index (χ0n) is 9.89. The Balaban J connectivity index is 2.17. The summed E-state index contributed by atoms with van der Waals surface area (Å²) in [6.45, 7) is 8.19. The molecule has 0 heterocycles. The zero-order valence-corrected chi connectivity index (χ0v) is 9.89. The second-order valence-corrected chi connectivity index (χ2v) is 4.81. The topological polar surface area (TPSA) is 29.3 Å². The van der Waals surface area contributed by atoms with Crippen LogP contribution in [-0.2, 0) is 0 Å². The van der Waals surface area contributed by atoms with Gasteiger partial charge < -0.3 is 10.6 Å². The molecule has 0 amide bonds. The SMILES string of the molecule is CCCN(CCC)CCC1(N)CCC1. The van der Waals surface area contributed by atoms with E-state index in [1.807, 2.05) is 0 Å². The van der Waals surface area contributed by atoms with Gasteiger partial charge in [-0.1, -0.05) is 13.8 Å². The van der Waals surface area contributed by atoms with Crippen molar-refractivity contribution in [2.24, 2.45) is 5.73 Å². The standard InChI is InChI=1S/C12H26N2/c1-3-9-14(10-4-2)11-8-12(13)6-5-7-12/h3-11,13H2,1-2H3. The summed E-state index contributed by atoms with van der Waals surface area (Å²) in [5.41, 5.74) is 6.42. The lowest BCUT2D eigenvalue weighted by Gasteiger charge is -2.39. The van der Waals surface area contributed by atoms with E-state index in [9.17, 15) is 0 Å². The van der Waals surface area contributed by atoms with Gasteiger partial charge in [-0.3, -0.25) is 0 Å². The molecule has 1 rings (SSSR count). The molecule has 0 atom stereocenters. The molecule has 1 saturated carbocycles. The van der Waals surface area contributed by atoms with Gasteiger partial charge in [0.1, 0.15) is 0 Å². The minimum atomic E-state index is 0.208. The van der Waals surface area contributed by atoms with E-state index in [4.69, 9.17) is 5.73 Å². The molecule has 0 aromatic heterocycles. The number of hydrogen-bond donors (Lipinski definition) is 1. The first-order valence-electron chi connectivity index (χ1n) is 6.21. The Bertz CT molecular complexity index is 146. The summed E-state index contributed by atoms with van der Waals surface area (Å²) >= 11 is 0. The minimum absolute atomic E-state index is 0.208. The van der Waals surface area contributed by atoms with Crippen molar-refractivity contribution >= 4 is 0 Å². The average molecular weight is 198 g/mol. The molecule has 1 aliphatic rings. The van der Waals surface area contributed by atoms with Gasteiger partial charge in [0.05, 0.1) is 0 Å². The predicted molar refractivity (Wildman–Crippen MR) is 62.4 cm³/mol. The molecule has 14 heavy (non-hydrogen) atoms.